The fourth-order valence-electron chi connectivity index (χ4n) is 4.23. The van der Waals surface area contributed by atoms with Gasteiger partial charge in [-0.15, -0.1) is 42.3 Å². The van der Waals surface area contributed by atoms with E-state index in [-0.39, 0.29) is 55.3 Å². The van der Waals surface area contributed by atoms with E-state index in [4.69, 9.17) is 4.74 Å². The molecule has 0 bridgehead atoms. The Kier molecular flexibility index (Phi) is 11.3. The first-order valence-corrected chi connectivity index (χ1v) is 11.2. The zero-order valence-electron chi connectivity index (χ0n) is 20.5. The van der Waals surface area contributed by atoms with E-state index in [1.54, 1.807) is 6.92 Å². The zero-order valence-corrected chi connectivity index (χ0v) is 22.9. The van der Waals surface area contributed by atoms with Crippen molar-refractivity contribution in [1.82, 2.24) is 20.0 Å². The van der Waals surface area contributed by atoms with Gasteiger partial charge < -0.3 is 20.3 Å². The molecule has 0 unspecified atom stereocenters. The molecule has 0 saturated carbocycles. The van der Waals surface area contributed by atoms with Crippen molar-refractivity contribution in [3.63, 3.8) is 0 Å². The van der Waals surface area contributed by atoms with Crippen LogP contribution in [0.5, 0.6) is 0 Å². The Labute approximate surface area is 225 Å². The molecule has 0 spiro atoms. The summed E-state index contributed by atoms with van der Waals surface area (Å²) in [7, 11) is 0. The minimum absolute atomic E-state index is 0. The number of rotatable bonds is 4. The summed E-state index contributed by atoms with van der Waals surface area (Å²) in [6, 6.07) is 7.65. The van der Waals surface area contributed by atoms with Gasteiger partial charge in [0.25, 0.3) is 5.91 Å². The molecule has 3 heterocycles. The molecular weight excluding hydrogens is 515 g/mol. The summed E-state index contributed by atoms with van der Waals surface area (Å²) in [5, 5.41) is 10.3. The Balaban J connectivity index is 0.00000204. The van der Waals surface area contributed by atoms with Crippen molar-refractivity contribution in [3.05, 3.63) is 41.1 Å². The van der Waals surface area contributed by atoms with E-state index in [1.807, 2.05) is 24.3 Å². The van der Waals surface area contributed by atoms with E-state index < -0.39 is 6.09 Å². The van der Waals surface area contributed by atoms with Crippen molar-refractivity contribution in [2.24, 2.45) is 0 Å². The molecule has 9 nitrogen and oxygen atoms in total. The third kappa shape index (κ3) is 6.80. The van der Waals surface area contributed by atoms with E-state index in [0.717, 1.165) is 43.1 Å². The third-order valence-electron chi connectivity index (χ3n) is 6.08. The molecule has 12 heteroatoms. The number of benzene rings is 1. The standard InChI is InChI=1S/C23H32N6O3.3ClH/c1-5-32-22(31)29-19-15-24-14-18(19)20(26-29)25-21(30)16-6-8-17(9-7-16)27-10-12-28(13-11-27)23(2,3)4;;;/h6-9,24H,5,10-15H2,1-4H3,(H,25,26,30);3*1H. The number of amides is 1. The van der Waals surface area contributed by atoms with Crippen molar-refractivity contribution in [1.29, 1.82) is 0 Å². The molecular formula is C23H35Cl3N6O3. The van der Waals surface area contributed by atoms with Gasteiger partial charge in [0.05, 0.1) is 12.3 Å². The first kappa shape index (κ1) is 31.0. The van der Waals surface area contributed by atoms with Crippen LogP contribution in [0.2, 0.25) is 0 Å². The lowest BCUT2D eigenvalue weighted by Gasteiger charge is -2.43. The van der Waals surface area contributed by atoms with E-state index in [0.29, 0.717) is 24.5 Å². The monoisotopic (exact) mass is 548 g/mol. The maximum absolute atomic E-state index is 12.8. The number of ether oxygens (including phenoxy) is 1. The summed E-state index contributed by atoms with van der Waals surface area (Å²) >= 11 is 0. The highest BCUT2D eigenvalue weighted by Crippen LogP contribution is 2.25. The molecule has 2 N–H and O–H groups in total. The van der Waals surface area contributed by atoms with Gasteiger partial charge in [-0.05, 0) is 52.0 Å². The van der Waals surface area contributed by atoms with Gasteiger partial charge in [0, 0.05) is 61.6 Å². The molecule has 2 aromatic rings. The largest absolute Gasteiger partial charge is 0.448 e. The number of piperazine rings is 1. The van der Waals surface area contributed by atoms with Gasteiger partial charge in [-0.1, -0.05) is 0 Å². The van der Waals surface area contributed by atoms with Gasteiger partial charge in [0.2, 0.25) is 0 Å². The zero-order chi connectivity index (χ0) is 22.9. The van der Waals surface area contributed by atoms with E-state index in [9.17, 15) is 9.59 Å². The Hall–Kier alpha value is -2.04. The van der Waals surface area contributed by atoms with E-state index in [2.05, 4.69) is 46.3 Å². The number of anilines is 2. The van der Waals surface area contributed by atoms with Crippen LogP contribution < -0.4 is 15.5 Å². The van der Waals surface area contributed by atoms with Crippen LogP contribution in [0.25, 0.3) is 0 Å². The van der Waals surface area contributed by atoms with Crippen molar-refractivity contribution >= 4 is 60.7 Å². The van der Waals surface area contributed by atoms with Crippen molar-refractivity contribution < 1.29 is 14.3 Å². The smallest absolute Gasteiger partial charge is 0.435 e. The Morgan fingerprint density at radius 1 is 1.03 bits per heavy atom. The van der Waals surface area contributed by atoms with Gasteiger partial charge in [-0.2, -0.15) is 4.68 Å². The molecule has 1 aromatic carbocycles. The van der Waals surface area contributed by atoms with Gasteiger partial charge in [0.15, 0.2) is 5.82 Å². The van der Waals surface area contributed by atoms with Crippen LogP contribution >= 0.6 is 37.2 Å². The van der Waals surface area contributed by atoms with Crippen LogP contribution in [-0.2, 0) is 17.8 Å². The second-order valence-electron chi connectivity index (χ2n) is 9.13. The first-order valence-electron chi connectivity index (χ1n) is 11.2. The number of hydrogen-bond donors (Lipinski definition) is 2. The highest BCUT2D eigenvalue weighted by Gasteiger charge is 2.28. The summed E-state index contributed by atoms with van der Waals surface area (Å²) in [5.41, 5.74) is 3.40. The summed E-state index contributed by atoms with van der Waals surface area (Å²) in [5.74, 6) is 0.141. The number of halogens is 3. The highest BCUT2D eigenvalue weighted by atomic mass is 35.5. The second-order valence-corrected chi connectivity index (χ2v) is 9.13. The molecule has 2 aliphatic heterocycles. The Morgan fingerprint density at radius 2 is 1.66 bits per heavy atom. The second kappa shape index (κ2) is 12.8. The maximum atomic E-state index is 12.8. The van der Waals surface area contributed by atoms with Crippen molar-refractivity contribution in [2.45, 2.75) is 46.3 Å². The molecule has 1 aromatic heterocycles. The lowest BCUT2D eigenvalue weighted by atomic mass is 10.0. The fraction of sp³-hybridized carbons (Fsp3) is 0.522. The van der Waals surface area contributed by atoms with Crippen LogP contribution in [0, 0.1) is 0 Å². The molecule has 1 saturated heterocycles. The van der Waals surface area contributed by atoms with E-state index in [1.165, 1.54) is 4.68 Å². The average molecular weight is 550 g/mol. The molecule has 196 valence electrons. The van der Waals surface area contributed by atoms with Gasteiger partial charge in [0.1, 0.15) is 0 Å². The van der Waals surface area contributed by atoms with Crippen LogP contribution in [0.1, 0.15) is 49.3 Å². The molecule has 35 heavy (non-hydrogen) atoms. The molecule has 0 atom stereocenters. The fourth-order valence-corrected chi connectivity index (χ4v) is 4.23. The lowest BCUT2D eigenvalue weighted by Crippen LogP contribution is -2.53. The van der Waals surface area contributed by atoms with Crippen LogP contribution in [0.3, 0.4) is 0 Å². The Bertz CT molecular complexity index is 999. The minimum Gasteiger partial charge on any atom is -0.448 e. The summed E-state index contributed by atoms with van der Waals surface area (Å²) in [4.78, 5) is 29.9. The van der Waals surface area contributed by atoms with E-state index >= 15 is 0 Å². The minimum atomic E-state index is -0.538. The number of nitrogens with zero attached hydrogens (tertiary/aromatic N) is 4. The molecule has 1 fully saturated rings. The van der Waals surface area contributed by atoms with Crippen LogP contribution in [0.4, 0.5) is 16.3 Å². The van der Waals surface area contributed by atoms with Crippen molar-refractivity contribution in [2.75, 3.05) is 43.0 Å². The molecule has 4 rings (SSSR count). The van der Waals surface area contributed by atoms with Crippen LogP contribution in [-0.4, -0.2) is 65.0 Å². The summed E-state index contributed by atoms with van der Waals surface area (Å²) in [6.07, 6.45) is -0.538. The number of fused-ring (bicyclic) bond motifs is 1. The lowest BCUT2D eigenvalue weighted by molar-refractivity contribution is 0.102. The van der Waals surface area contributed by atoms with Crippen LogP contribution in [0.15, 0.2) is 24.3 Å². The summed E-state index contributed by atoms with van der Waals surface area (Å²) in [6.45, 7) is 13.8. The quantitative estimate of drug-likeness (QED) is 0.597. The summed E-state index contributed by atoms with van der Waals surface area (Å²) < 4.78 is 6.30. The number of nitrogens with one attached hydrogen (secondary N) is 2. The molecule has 2 aliphatic rings. The normalized spacial score (nSPS) is 15.3. The number of hydrogen-bond acceptors (Lipinski definition) is 7. The average Bonchev–Trinajstić information content (AvgIpc) is 3.37. The maximum Gasteiger partial charge on any atom is 0.435 e. The van der Waals surface area contributed by atoms with Gasteiger partial charge in [-0.25, -0.2) is 4.79 Å². The molecule has 0 radical (unpaired) electrons. The topological polar surface area (TPSA) is 91.7 Å². The van der Waals surface area contributed by atoms with Gasteiger partial charge >= 0.3 is 6.09 Å². The third-order valence-corrected chi connectivity index (χ3v) is 6.08. The Morgan fingerprint density at radius 3 is 2.23 bits per heavy atom. The number of aromatic nitrogens is 2. The first-order chi connectivity index (χ1) is 15.3. The SMILES string of the molecule is CCOC(=O)n1nc(NC(=O)c2ccc(N3CCN(C(C)(C)C)CC3)cc2)c2c1CNC2.Cl.Cl.Cl. The van der Waals surface area contributed by atoms with Crippen molar-refractivity contribution in [3.8, 4) is 0 Å². The predicted molar refractivity (Wildman–Crippen MR) is 145 cm³/mol. The number of carbonyl (C=O) groups excluding carboxylic acids is 2. The number of carbonyl (C=O) groups is 2. The highest BCUT2D eigenvalue weighted by molar-refractivity contribution is 6.04. The molecule has 0 aliphatic carbocycles. The van der Waals surface area contributed by atoms with Gasteiger partial charge in [-0.3, -0.25) is 9.69 Å². The molecule has 1 amide bonds. The predicted octanol–water partition coefficient (Wildman–Crippen LogP) is 3.93.